The van der Waals surface area contributed by atoms with Crippen molar-refractivity contribution < 1.29 is 4.79 Å². The molecule has 3 N–H and O–H groups in total. The minimum Gasteiger partial charge on any atom is -0.392 e. The minimum atomic E-state index is -0.161. The summed E-state index contributed by atoms with van der Waals surface area (Å²) in [4.78, 5) is 14.1. The third kappa shape index (κ3) is 2.04. The summed E-state index contributed by atoms with van der Waals surface area (Å²) >= 11 is 4.98. The van der Waals surface area contributed by atoms with Crippen molar-refractivity contribution in [3.05, 3.63) is 11.9 Å². The van der Waals surface area contributed by atoms with Gasteiger partial charge in [0, 0.05) is 6.54 Å². The minimum absolute atomic E-state index is 0.145. The fourth-order valence-corrected chi connectivity index (χ4v) is 2.17. The van der Waals surface area contributed by atoms with Crippen LogP contribution in [0.3, 0.4) is 0 Å². The van der Waals surface area contributed by atoms with E-state index in [9.17, 15) is 4.79 Å². The Bertz CT molecular complexity index is 391. The summed E-state index contributed by atoms with van der Waals surface area (Å²) in [7, 11) is 0. The summed E-state index contributed by atoms with van der Waals surface area (Å²) in [5, 5.41) is 9.82. The van der Waals surface area contributed by atoms with Crippen molar-refractivity contribution in [3.63, 3.8) is 0 Å². The highest BCUT2D eigenvalue weighted by Gasteiger charge is 2.30. The van der Waals surface area contributed by atoms with Crippen LogP contribution in [0.25, 0.3) is 0 Å². The van der Waals surface area contributed by atoms with E-state index in [1.165, 1.54) is 6.20 Å². The first kappa shape index (κ1) is 11.0. The zero-order valence-electron chi connectivity index (χ0n) is 8.72. The van der Waals surface area contributed by atoms with Gasteiger partial charge in [0.2, 0.25) is 0 Å². The van der Waals surface area contributed by atoms with E-state index in [0.29, 0.717) is 17.2 Å². The molecular formula is C9H13N5OS. The molecule has 1 aromatic heterocycles. The van der Waals surface area contributed by atoms with Crippen molar-refractivity contribution in [3.8, 4) is 0 Å². The van der Waals surface area contributed by atoms with Crippen molar-refractivity contribution in [2.75, 3.05) is 6.54 Å². The zero-order valence-corrected chi connectivity index (χ0v) is 9.54. The van der Waals surface area contributed by atoms with E-state index >= 15 is 0 Å². The Morgan fingerprint density at radius 2 is 2.44 bits per heavy atom. The van der Waals surface area contributed by atoms with Crippen molar-refractivity contribution >= 4 is 23.1 Å². The molecule has 0 saturated carbocycles. The first-order valence-corrected chi connectivity index (χ1v) is 5.57. The van der Waals surface area contributed by atoms with E-state index in [-0.39, 0.29) is 11.9 Å². The second-order valence-electron chi connectivity index (χ2n) is 3.77. The average Bonchev–Trinajstić information content (AvgIpc) is 2.81. The van der Waals surface area contributed by atoms with Crippen molar-refractivity contribution in [1.82, 2.24) is 20.3 Å². The summed E-state index contributed by atoms with van der Waals surface area (Å²) in [5.74, 6) is -0.161. The molecule has 2 heterocycles. The molecule has 1 aromatic rings. The maximum absolute atomic E-state index is 12.1. The number of aromatic nitrogens is 3. The van der Waals surface area contributed by atoms with Gasteiger partial charge < -0.3 is 10.6 Å². The predicted molar refractivity (Wildman–Crippen MR) is 61.8 cm³/mol. The Morgan fingerprint density at radius 3 is 3.06 bits per heavy atom. The second-order valence-corrected chi connectivity index (χ2v) is 4.24. The number of amides is 1. The van der Waals surface area contributed by atoms with Crippen molar-refractivity contribution in [1.29, 1.82) is 0 Å². The molecule has 1 fully saturated rings. The Balaban J connectivity index is 2.17. The topological polar surface area (TPSA) is 87.9 Å². The van der Waals surface area contributed by atoms with E-state index in [1.807, 2.05) is 0 Å². The van der Waals surface area contributed by atoms with Gasteiger partial charge >= 0.3 is 0 Å². The average molecular weight is 239 g/mol. The summed E-state index contributed by atoms with van der Waals surface area (Å²) < 4.78 is 0. The molecule has 1 aliphatic heterocycles. The van der Waals surface area contributed by atoms with Crippen LogP contribution in [-0.2, 0) is 0 Å². The van der Waals surface area contributed by atoms with E-state index in [4.69, 9.17) is 18.0 Å². The van der Waals surface area contributed by atoms with E-state index < -0.39 is 0 Å². The fourth-order valence-electron chi connectivity index (χ4n) is 1.92. The molecule has 0 radical (unpaired) electrons. The van der Waals surface area contributed by atoms with E-state index in [1.54, 1.807) is 4.90 Å². The smallest absolute Gasteiger partial charge is 0.276 e. The highest BCUT2D eigenvalue weighted by atomic mass is 32.1. The lowest BCUT2D eigenvalue weighted by Crippen LogP contribution is -2.49. The number of likely N-dealkylation sites (tertiary alicyclic amines) is 1. The van der Waals surface area contributed by atoms with Crippen LogP contribution < -0.4 is 5.73 Å². The van der Waals surface area contributed by atoms with Crippen LogP contribution in [0.5, 0.6) is 0 Å². The van der Waals surface area contributed by atoms with E-state index in [0.717, 1.165) is 19.3 Å². The molecule has 86 valence electrons. The quantitative estimate of drug-likeness (QED) is 0.714. The first-order valence-electron chi connectivity index (χ1n) is 5.16. The largest absolute Gasteiger partial charge is 0.392 e. The Hall–Kier alpha value is -1.50. The highest BCUT2D eigenvalue weighted by molar-refractivity contribution is 7.80. The lowest BCUT2D eigenvalue weighted by atomic mass is 10.0. The van der Waals surface area contributed by atoms with E-state index in [2.05, 4.69) is 15.4 Å². The predicted octanol–water partition coefficient (Wildman–Crippen LogP) is 0.0855. The third-order valence-corrected chi connectivity index (χ3v) is 3.00. The lowest BCUT2D eigenvalue weighted by molar-refractivity contribution is 0.0675. The Labute approximate surface area is 98.2 Å². The van der Waals surface area contributed by atoms with Crippen LogP contribution in [-0.4, -0.2) is 43.8 Å². The second kappa shape index (κ2) is 4.56. The highest BCUT2D eigenvalue weighted by Crippen LogP contribution is 2.19. The number of hydrogen-bond acceptors (Lipinski definition) is 4. The number of thiocarbonyl (C=S) groups is 1. The molecule has 1 atom stereocenters. The van der Waals surface area contributed by atoms with Gasteiger partial charge in [0.1, 0.15) is 0 Å². The summed E-state index contributed by atoms with van der Waals surface area (Å²) in [5.41, 5.74) is 5.95. The van der Waals surface area contributed by atoms with Crippen molar-refractivity contribution in [2.24, 2.45) is 5.73 Å². The number of piperidine rings is 1. The molecule has 7 heteroatoms. The monoisotopic (exact) mass is 239 g/mol. The maximum Gasteiger partial charge on any atom is 0.276 e. The number of nitrogens with zero attached hydrogens (tertiary/aromatic N) is 3. The molecule has 2 rings (SSSR count). The Kier molecular flexibility index (Phi) is 3.14. The molecule has 1 saturated heterocycles. The van der Waals surface area contributed by atoms with Gasteiger partial charge in [-0.3, -0.25) is 4.79 Å². The lowest BCUT2D eigenvalue weighted by Gasteiger charge is -2.34. The molecule has 1 amide bonds. The summed E-state index contributed by atoms with van der Waals surface area (Å²) in [6.07, 6.45) is 4.26. The maximum atomic E-state index is 12.1. The molecular weight excluding hydrogens is 226 g/mol. The third-order valence-electron chi connectivity index (χ3n) is 2.73. The van der Waals surface area contributed by atoms with Gasteiger partial charge in [-0.1, -0.05) is 12.2 Å². The number of aromatic amines is 1. The molecule has 1 aliphatic rings. The normalized spacial score (nSPS) is 20.8. The number of carbonyl (C=O) groups is 1. The first-order chi connectivity index (χ1) is 7.70. The van der Waals surface area contributed by atoms with Crippen LogP contribution >= 0.6 is 12.2 Å². The summed E-state index contributed by atoms with van der Waals surface area (Å²) in [6.45, 7) is 0.674. The molecule has 0 spiro atoms. The van der Waals surface area contributed by atoms with Gasteiger partial charge in [-0.05, 0) is 19.3 Å². The van der Waals surface area contributed by atoms with Crippen molar-refractivity contribution in [2.45, 2.75) is 25.3 Å². The van der Waals surface area contributed by atoms with Crippen LogP contribution in [0.2, 0.25) is 0 Å². The fraction of sp³-hybridized carbons (Fsp3) is 0.556. The van der Waals surface area contributed by atoms with Gasteiger partial charge in [-0.25, -0.2) is 0 Å². The van der Waals surface area contributed by atoms with Gasteiger partial charge in [0.25, 0.3) is 5.91 Å². The Morgan fingerprint density at radius 1 is 1.62 bits per heavy atom. The van der Waals surface area contributed by atoms with Crippen LogP contribution in [0.15, 0.2) is 6.20 Å². The van der Waals surface area contributed by atoms with Gasteiger partial charge in [-0.15, -0.1) is 0 Å². The van der Waals surface area contributed by atoms with Gasteiger partial charge in [0.15, 0.2) is 5.69 Å². The van der Waals surface area contributed by atoms with Crippen LogP contribution in [0.4, 0.5) is 0 Å². The number of hydrogen-bond donors (Lipinski definition) is 2. The number of nitrogens with one attached hydrogen (secondary N) is 1. The molecule has 0 bridgehead atoms. The number of nitrogens with two attached hydrogens (primary N) is 1. The SMILES string of the molecule is NC(=S)C1CCCCN1C(=O)c1cn[nH]n1. The molecule has 16 heavy (non-hydrogen) atoms. The van der Waals surface area contributed by atoms with Crippen LogP contribution in [0, 0.1) is 0 Å². The standard InChI is InChI=1S/C9H13N5OS/c10-8(16)7-3-1-2-4-14(7)9(15)6-5-11-13-12-6/h5,7H,1-4H2,(H2,10,16)(H,11,12,13). The van der Waals surface area contributed by atoms with Crippen LogP contribution in [0.1, 0.15) is 29.8 Å². The number of H-pyrrole nitrogens is 1. The number of carbonyl (C=O) groups excluding carboxylic acids is 1. The zero-order chi connectivity index (χ0) is 11.5. The molecule has 0 aromatic carbocycles. The molecule has 0 aliphatic carbocycles. The number of rotatable bonds is 2. The molecule has 6 nitrogen and oxygen atoms in total. The van der Waals surface area contributed by atoms with Gasteiger partial charge in [-0.2, -0.15) is 15.4 Å². The molecule has 1 unspecified atom stereocenters. The summed E-state index contributed by atoms with van der Waals surface area (Å²) in [6, 6.07) is -0.145. The van der Waals surface area contributed by atoms with Gasteiger partial charge in [0.05, 0.1) is 17.2 Å².